The van der Waals surface area contributed by atoms with Crippen LogP contribution in [-0.4, -0.2) is 15.8 Å². The van der Waals surface area contributed by atoms with E-state index in [-0.39, 0.29) is 17.1 Å². The number of rotatable bonds is 3. The van der Waals surface area contributed by atoms with Crippen molar-refractivity contribution in [3.63, 3.8) is 0 Å². The lowest BCUT2D eigenvalue weighted by Gasteiger charge is -2.00. The van der Waals surface area contributed by atoms with Gasteiger partial charge in [-0.1, -0.05) is 6.07 Å². The molecule has 5 heteroatoms. The van der Waals surface area contributed by atoms with E-state index in [1.807, 2.05) is 0 Å². The van der Waals surface area contributed by atoms with Crippen molar-refractivity contribution in [2.45, 2.75) is 6.92 Å². The molecule has 0 fully saturated rings. The molecule has 0 atom stereocenters. The van der Waals surface area contributed by atoms with E-state index in [0.717, 1.165) is 6.20 Å². The highest BCUT2D eigenvalue weighted by atomic mass is 16.6. The molecule has 78 valence electrons. The van der Waals surface area contributed by atoms with Gasteiger partial charge in [-0.3, -0.25) is 14.9 Å². The third-order valence-corrected chi connectivity index (χ3v) is 1.79. The molecule has 1 rings (SSSR count). The summed E-state index contributed by atoms with van der Waals surface area (Å²) < 4.78 is 0. The van der Waals surface area contributed by atoms with E-state index in [1.165, 1.54) is 31.2 Å². The molecule has 0 saturated carbocycles. The molecule has 0 heterocycles. The van der Waals surface area contributed by atoms with Crippen LogP contribution in [0, 0.1) is 10.1 Å². The number of phenols is 1. The number of aromatic hydroxyl groups is 1. The number of carbonyl (C=O) groups excluding carboxylic acids is 1. The van der Waals surface area contributed by atoms with Crippen LogP contribution in [0.3, 0.4) is 0 Å². The molecule has 0 unspecified atom stereocenters. The van der Waals surface area contributed by atoms with E-state index in [9.17, 15) is 20.0 Å². The van der Waals surface area contributed by atoms with Crippen LogP contribution in [-0.2, 0) is 0 Å². The minimum absolute atomic E-state index is 0.124. The average Bonchev–Trinajstić information content (AvgIpc) is 2.16. The fourth-order valence-electron chi connectivity index (χ4n) is 1.09. The Bertz CT molecular complexity index is 437. The molecule has 0 radical (unpaired) electrons. The van der Waals surface area contributed by atoms with Gasteiger partial charge in [-0.2, -0.15) is 0 Å². The van der Waals surface area contributed by atoms with Crippen molar-refractivity contribution in [1.29, 1.82) is 0 Å². The highest BCUT2D eigenvalue weighted by molar-refractivity contribution is 5.97. The fourth-order valence-corrected chi connectivity index (χ4v) is 1.09. The summed E-state index contributed by atoms with van der Waals surface area (Å²) in [6, 6.07) is 4.22. The number of nitrogens with zero attached hydrogens (tertiary/aromatic N) is 1. The van der Waals surface area contributed by atoms with Crippen molar-refractivity contribution in [3.05, 3.63) is 45.6 Å². The Morgan fingerprint density at radius 1 is 1.53 bits per heavy atom. The number of hydrogen-bond acceptors (Lipinski definition) is 4. The van der Waals surface area contributed by atoms with Crippen molar-refractivity contribution in [2.75, 3.05) is 0 Å². The lowest BCUT2D eigenvalue weighted by Crippen LogP contribution is -1.93. The number of ketones is 1. The molecule has 0 aliphatic rings. The van der Waals surface area contributed by atoms with E-state index in [0.29, 0.717) is 5.56 Å². The van der Waals surface area contributed by atoms with E-state index in [1.54, 1.807) is 0 Å². The molecular formula is C10H9NO4. The van der Waals surface area contributed by atoms with Gasteiger partial charge in [0.1, 0.15) is 5.75 Å². The second kappa shape index (κ2) is 4.36. The molecule has 0 bridgehead atoms. The normalized spacial score (nSPS) is 10.5. The molecule has 1 aromatic rings. The Morgan fingerprint density at radius 3 is 2.73 bits per heavy atom. The van der Waals surface area contributed by atoms with Crippen LogP contribution < -0.4 is 0 Å². The topological polar surface area (TPSA) is 80.4 Å². The van der Waals surface area contributed by atoms with E-state index < -0.39 is 4.92 Å². The highest BCUT2D eigenvalue weighted by Crippen LogP contribution is 2.19. The zero-order chi connectivity index (χ0) is 11.4. The standard InChI is InChI=1S/C10H9NO4/c1-7(12)9-6-8(2-3-10(9)13)4-5-11(14)15/h2-6,13H,1H3/b5-4+. The van der Waals surface area contributed by atoms with E-state index >= 15 is 0 Å². The second-order valence-corrected chi connectivity index (χ2v) is 2.93. The number of hydrogen-bond donors (Lipinski definition) is 1. The summed E-state index contributed by atoms with van der Waals surface area (Å²) in [4.78, 5) is 20.5. The van der Waals surface area contributed by atoms with Gasteiger partial charge in [0, 0.05) is 6.08 Å². The first-order chi connectivity index (χ1) is 7.00. The minimum atomic E-state index is -0.597. The van der Waals surface area contributed by atoms with Crippen molar-refractivity contribution in [2.24, 2.45) is 0 Å². The van der Waals surface area contributed by atoms with Crippen molar-refractivity contribution >= 4 is 11.9 Å². The monoisotopic (exact) mass is 207 g/mol. The summed E-state index contributed by atoms with van der Waals surface area (Å²) >= 11 is 0. The fraction of sp³-hybridized carbons (Fsp3) is 0.100. The summed E-state index contributed by atoms with van der Waals surface area (Å²) in [6.07, 6.45) is 2.03. The maximum absolute atomic E-state index is 11.0. The maximum atomic E-state index is 11.0. The quantitative estimate of drug-likeness (QED) is 0.466. The number of carbonyl (C=O) groups is 1. The van der Waals surface area contributed by atoms with Gasteiger partial charge in [0.25, 0.3) is 0 Å². The van der Waals surface area contributed by atoms with Gasteiger partial charge in [-0.05, 0) is 24.6 Å². The van der Waals surface area contributed by atoms with Crippen LogP contribution in [0.5, 0.6) is 5.75 Å². The molecule has 1 N–H and O–H groups in total. The Hall–Kier alpha value is -2.17. The first kappa shape index (κ1) is 10.9. The second-order valence-electron chi connectivity index (χ2n) is 2.93. The van der Waals surface area contributed by atoms with Crippen LogP contribution in [0.1, 0.15) is 22.8 Å². The summed E-state index contributed by atoms with van der Waals surface area (Å²) in [5, 5.41) is 19.4. The molecule has 0 aliphatic carbocycles. The predicted octanol–water partition coefficient (Wildman–Crippen LogP) is 1.84. The Kier molecular flexibility index (Phi) is 3.17. The van der Waals surface area contributed by atoms with Gasteiger partial charge < -0.3 is 5.11 Å². The van der Waals surface area contributed by atoms with Crippen LogP contribution in [0.15, 0.2) is 24.4 Å². The zero-order valence-electron chi connectivity index (χ0n) is 8.01. The summed E-state index contributed by atoms with van der Waals surface area (Å²) in [5.41, 5.74) is 0.648. The van der Waals surface area contributed by atoms with Crippen molar-refractivity contribution in [1.82, 2.24) is 0 Å². The summed E-state index contributed by atoms with van der Waals surface area (Å²) in [7, 11) is 0. The van der Waals surface area contributed by atoms with Crippen LogP contribution in [0.4, 0.5) is 0 Å². The molecule has 5 nitrogen and oxygen atoms in total. The molecule has 0 aliphatic heterocycles. The first-order valence-corrected chi connectivity index (χ1v) is 4.16. The van der Waals surface area contributed by atoms with Crippen LogP contribution >= 0.6 is 0 Å². The summed E-state index contributed by atoms with van der Waals surface area (Å²) in [6.45, 7) is 1.32. The van der Waals surface area contributed by atoms with Gasteiger partial charge in [0.05, 0.1) is 10.5 Å². The molecule has 0 saturated heterocycles. The van der Waals surface area contributed by atoms with Crippen LogP contribution in [0.25, 0.3) is 6.08 Å². The molecule has 1 aromatic carbocycles. The van der Waals surface area contributed by atoms with E-state index in [4.69, 9.17) is 0 Å². The zero-order valence-corrected chi connectivity index (χ0v) is 8.01. The number of benzene rings is 1. The summed E-state index contributed by atoms with van der Waals surface area (Å²) in [5.74, 6) is -0.412. The van der Waals surface area contributed by atoms with Gasteiger partial charge in [0.2, 0.25) is 6.20 Å². The lowest BCUT2D eigenvalue weighted by atomic mass is 10.1. The third-order valence-electron chi connectivity index (χ3n) is 1.79. The molecular weight excluding hydrogens is 198 g/mol. The van der Waals surface area contributed by atoms with Crippen LogP contribution in [0.2, 0.25) is 0 Å². The first-order valence-electron chi connectivity index (χ1n) is 4.16. The molecule has 0 amide bonds. The minimum Gasteiger partial charge on any atom is -0.507 e. The van der Waals surface area contributed by atoms with Gasteiger partial charge in [0.15, 0.2) is 5.78 Å². The van der Waals surface area contributed by atoms with Crippen molar-refractivity contribution < 1.29 is 14.8 Å². The van der Waals surface area contributed by atoms with Gasteiger partial charge >= 0.3 is 0 Å². The van der Waals surface area contributed by atoms with Gasteiger partial charge in [-0.15, -0.1) is 0 Å². The Labute approximate surface area is 85.8 Å². The highest BCUT2D eigenvalue weighted by Gasteiger charge is 2.06. The Balaban J connectivity index is 3.08. The largest absolute Gasteiger partial charge is 0.507 e. The Morgan fingerprint density at radius 2 is 2.20 bits per heavy atom. The SMILES string of the molecule is CC(=O)c1cc(/C=C/[N+](=O)[O-])ccc1O. The van der Waals surface area contributed by atoms with Crippen molar-refractivity contribution in [3.8, 4) is 5.75 Å². The molecule has 0 aromatic heterocycles. The van der Waals surface area contributed by atoms with E-state index in [2.05, 4.69) is 0 Å². The number of nitro groups is 1. The smallest absolute Gasteiger partial charge is 0.235 e. The maximum Gasteiger partial charge on any atom is 0.235 e. The average molecular weight is 207 g/mol. The third kappa shape index (κ3) is 2.91. The number of Topliss-reactive ketones (excluding diaryl/α,β-unsaturated/α-hetero) is 1. The molecule has 0 spiro atoms. The predicted molar refractivity (Wildman–Crippen MR) is 54.1 cm³/mol. The number of phenolic OH excluding ortho intramolecular Hbond substituents is 1. The lowest BCUT2D eigenvalue weighted by molar-refractivity contribution is -0.400. The molecule has 15 heavy (non-hydrogen) atoms. The van der Waals surface area contributed by atoms with Gasteiger partial charge in [-0.25, -0.2) is 0 Å².